The van der Waals surface area contributed by atoms with E-state index in [4.69, 9.17) is 14.2 Å². The number of rotatable bonds is 54. The van der Waals surface area contributed by atoms with E-state index in [9.17, 15) is 14.4 Å². The van der Waals surface area contributed by atoms with Crippen LogP contribution in [0.4, 0.5) is 0 Å². The van der Waals surface area contributed by atoms with E-state index >= 15 is 0 Å². The van der Waals surface area contributed by atoms with E-state index in [1.807, 2.05) is 0 Å². The number of hydrogen-bond acceptors (Lipinski definition) is 6. The molecule has 1 atom stereocenters. The van der Waals surface area contributed by atoms with Crippen LogP contribution in [0.25, 0.3) is 0 Å². The molecule has 0 saturated carbocycles. The largest absolute Gasteiger partial charge is 0.462 e. The summed E-state index contributed by atoms with van der Waals surface area (Å²) in [5.41, 5.74) is 0. The van der Waals surface area contributed by atoms with Crippen LogP contribution in [0, 0.1) is 0 Å². The predicted octanol–water partition coefficient (Wildman–Crippen LogP) is 19.3. The summed E-state index contributed by atoms with van der Waals surface area (Å²) in [5.74, 6) is -0.856. The normalized spacial score (nSPS) is 12.0. The molecule has 0 fully saturated rings. The zero-order valence-corrected chi connectivity index (χ0v) is 44.0. The minimum Gasteiger partial charge on any atom is -0.462 e. The molecule has 0 N–H and O–H groups in total. The molecule has 6 heteroatoms. The first kappa shape index (κ1) is 63.1. The predicted molar refractivity (Wildman–Crippen MR) is 280 cm³/mol. The molecule has 0 saturated heterocycles. The first-order valence-corrected chi connectivity index (χ1v) is 29.2. The van der Waals surface area contributed by atoms with Crippen LogP contribution in [0.15, 0.2) is 12.2 Å². The fraction of sp³-hybridized carbons (Fsp3) is 0.915. The Kier molecular flexibility index (Phi) is 53.2. The number of hydrogen-bond donors (Lipinski definition) is 0. The fourth-order valence-electron chi connectivity index (χ4n) is 8.85. The number of carbonyl (C=O) groups excluding carboxylic acids is 3. The average Bonchev–Trinajstić information content (AvgIpc) is 3.30. The number of unbranched alkanes of at least 4 members (excludes halogenated alkanes) is 41. The Balaban J connectivity index is 4.12. The van der Waals surface area contributed by atoms with Gasteiger partial charge in [0.25, 0.3) is 0 Å². The summed E-state index contributed by atoms with van der Waals surface area (Å²) >= 11 is 0. The van der Waals surface area contributed by atoms with Crippen molar-refractivity contribution >= 4 is 17.9 Å². The van der Waals surface area contributed by atoms with Crippen LogP contribution in [0.2, 0.25) is 0 Å². The third-order valence-corrected chi connectivity index (χ3v) is 13.3. The highest BCUT2D eigenvalue weighted by atomic mass is 16.6. The number of allylic oxidation sites excluding steroid dienone is 2. The lowest BCUT2D eigenvalue weighted by Gasteiger charge is -2.18. The second-order valence-electron chi connectivity index (χ2n) is 19.9. The van der Waals surface area contributed by atoms with Crippen LogP contribution in [0.5, 0.6) is 0 Å². The number of carbonyl (C=O) groups is 3. The highest BCUT2D eigenvalue weighted by molar-refractivity contribution is 5.71. The van der Waals surface area contributed by atoms with Crippen molar-refractivity contribution in [1.29, 1.82) is 0 Å². The Hall–Kier alpha value is -1.85. The van der Waals surface area contributed by atoms with Gasteiger partial charge < -0.3 is 14.2 Å². The standard InChI is InChI=1S/C59H112O6/c1-4-7-10-13-16-18-20-22-24-26-28-29-30-31-33-34-36-38-40-43-46-49-52-58(61)64-55-56(54-63-57(60)51-48-45-42-15-12-9-6-3)65-59(62)53-50-47-44-41-39-37-35-32-27-25-23-21-19-17-14-11-8-5-2/h25,27,56H,4-24,26,28-55H2,1-3H3/b27-25-. The van der Waals surface area contributed by atoms with Crippen molar-refractivity contribution in [2.24, 2.45) is 0 Å². The van der Waals surface area contributed by atoms with E-state index in [-0.39, 0.29) is 31.1 Å². The van der Waals surface area contributed by atoms with Gasteiger partial charge in [-0.1, -0.05) is 277 Å². The van der Waals surface area contributed by atoms with Gasteiger partial charge in [-0.2, -0.15) is 0 Å². The molecule has 0 radical (unpaired) electrons. The lowest BCUT2D eigenvalue weighted by Crippen LogP contribution is -2.30. The van der Waals surface area contributed by atoms with E-state index in [0.29, 0.717) is 19.3 Å². The van der Waals surface area contributed by atoms with Gasteiger partial charge in [-0.15, -0.1) is 0 Å². The molecule has 384 valence electrons. The number of ether oxygens (including phenoxy) is 3. The molecule has 0 aliphatic heterocycles. The zero-order valence-electron chi connectivity index (χ0n) is 44.0. The molecule has 65 heavy (non-hydrogen) atoms. The van der Waals surface area contributed by atoms with Gasteiger partial charge in [0.2, 0.25) is 0 Å². The lowest BCUT2D eigenvalue weighted by atomic mass is 10.0. The van der Waals surface area contributed by atoms with E-state index in [0.717, 1.165) is 57.8 Å². The van der Waals surface area contributed by atoms with Gasteiger partial charge in [-0.3, -0.25) is 14.4 Å². The molecule has 6 nitrogen and oxygen atoms in total. The first-order chi connectivity index (χ1) is 32.0. The summed E-state index contributed by atoms with van der Waals surface area (Å²) < 4.78 is 16.8. The summed E-state index contributed by atoms with van der Waals surface area (Å²) in [4.78, 5) is 37.9. The maximum Gasteiger partial charge on any atom is 0.306 e. The van der Waals surface area contributed by atoms with Crippen LogP contribution in [-0.2, 0) is 28.6 Å². The Morgan fingerprint density at radius 2 is 0.508 bits per heavy atom. The molecule has 0 bridgehead atoms. The first-order valence-electron chi connectivity index (χ1n) is 29.2. The second kappa shape index (κ2) is 54.8. The summed E-state index contributed by atoms with van der Waals surface area (Å²) in [6.45, 7) is 6.65. The second-order valence-corrected chi connectivity index (χ2v) is 19.9. The maximum atomic E-state index is 12.8. The molecule has 0 aromatic heterocycles. The third kappa shape index (κ3) is 53.0. The van der Waals surface area contributed by atoms with Gasteiger partial charge in [-0.05, 0) is 44.9 Å². The minimum absolute atomic E-state index is 0.0666. The number of esters is 3. The van der Waals surface area contributed by atoms with E-state index < -0.39 is 6.10 Å². The average molecular weight is 918 g/mol. The molecular formula is C59H112O6. The molecule has 0 spiro atoms. The molecule has 0 heterocycles. The molecule has 0 aromatic carbocycles. The van der Waals surface area contributed by atoms with Gasteiger partial charge >= 0.3 is 17.9 Å². The van der Waals surface area contributed by atoms with Crippen molar-refractivity contribution in [1.82, 2.24) is 0 Å². The summed E-state index contributed by atoms with van der Waals surface area (Å²) in [5, 5.41) is 0. The van der Waals surface area contributed by atoms with Crippen molar-refractivity contribution < 1.29 is 28.6 Å². The molecule has 1 unspecified atom stereocenters. The third-order valence-electron chi connectivity index (χ3n) is 13.3. The summed E-state index contributed by atoms with van der Waals surface area (Å²) in [7, 11) is 0. The van der Waals surface area contributed by atoms with Crippen LogP contribution in [0.1, 0.15) is 329 Å². The summed E-state index contributed by atoms with van der Waals surface area (Å²) in [6.07, 6.45) is 62.3. The van der Waals surface area contributed by atoms with E-state index in [1.165, 1.54) is 231 Å². The van der Waals surface area contributed by atoms with Gasteiger partial charge in [0.15, 0.2) is 6.10 Å². The van der Waals surface area contributed by atoms with Crippen LogP contribution >= 0.6 is 0 Å². The highest BCUT2D eigenvalue weighted by Crippen LogP contribution is 2.17. The van der Waals surface area contributed by atoms with Crippen molar-refractivity contribution in [3.05, 3.63) is 12.2 Å². The highest BCUT2D eigenvalue weighted by Gasteiger charge is 2.19. The van der Waals surface area contributed by atoms with E-state index in [1.54, 1.807) is 0 Å². The topological polar surface area (TPSA) is 78.9 Å². The zero-order chi connectivity index (χ0) is 47.2. The smallest absolute Gasteiger partial charge is 0.306 e. The van der Waals surface area contributed by atoms with Gasteiger partial charge in [0.1, 0.15) is 13.2 Å². The SMILES string of the molecule is CCCCCCCCC/C=C\CCCCCCCCCC(=O)OC(COC(=O)CCCCCCCCC)COC(=O)CCCCCCCCCCCCCCCCCCCCCCCC. The Morgan fingerprint density at radius 1 is 0.292 bits per heavy atom. The fourth-order valence-corrected chi connectivity index (χ4v) is 8.85. The van der Waals surface area contributed by atoms with Crippen LogP contribution in [0.3, 0.4) is 0 Å². The molecular weight excluding hydrogens is 805 g/mol. The molecule has 0 aliphatic rings. The van der Waals surface area contributed by atoms with Crippen molar-refractivity contribution in [2.75, 3.05) is 13.2 Å². The molecule has 0 aliphatic carbocycles. The van der Waals surface area contributed by atoms with Gasteiger partial charge in [0.05, 0.1) is 0 Å². The Morgan fingerprint density at radius 3 is 0.769 bits per heavy atom. The summed E-state index contributed by atoms with van der Waals surface area (Å²) in [6, 6.07) is 0. The quantitative estimate of drug-likeness (QED) is 0.0262. The Bertz CT molecular complexity index is 1010. The van der Waals surface area contributed by atoms with Gasteiger partial charge in [0, 0.05) is 19.3 Å². The van der Waals surface area contributed by atoms with Crippen molar-refractivity contribution in [2.45, 2.75) is 335 Å². The van der Waals surface area contributed by atoms with Gasteiger partial charge in [-0.25, -0.2) is 0 Å². The van der Waals surface area contributed by atoms with Crippen LogP contribution in [-0.4, -0.2) is 37.2 Å². The molecule has 0 rings (SSSR count). The molecule has 0 amide bonds. The molecule has 0 aromatic rings. The van der Waals surface area contributed by atoms with Crippen LogP contribution < -0.4 is 0 Å². The monoisotopic (exact) mass is 917 g/mol. The lowest BCUT2D eigenvalue weighted by molar-refractivity contribution is -0.167. The van der Waals surface area contributed by atoms with Crippen molar-refractivity contribution in [3.8, 4) is 0 Å². The Labute approximate surface area is 405 Å². The minimum atomic E-state index is -0.765. The van der Waals surface area contributed by atoms with Crippen molar-refractivity contribution in [3.63, 3.8) is 0 Å². The van der Waals surface area contributed by atoms with E-state index in [2.05, 4.69) is 32.9 Å². The maximum absolute atomic E-state index is 12.8.